The van der Waals surface area contributed by atoms with Crippen molar-refractivity contribution in [2.24, 2.45) is 13.0 Å². The molecule has 0 aliphatic heterocycles. The van der Waals surface area contributed by atoms with E-state index < -0.39 is 11.9 Å². The first-order valence-electron chi connectivity index (χ1n) is 10.3. The van der Waals surface area contributed by atoms with Gasteiger partial charge in [0.25, 0.3) is 5.91 Å². The number of nitrogens with zero attached hydrogens (tertiary/aromatic N) is 2. The molecule has 0 radical (unpaired) electrons. The summed E-state index contributed by atoms with van der Waals surface area (Å²) in [5, 5.41) is 6.34. The SMILES string of the molecule is CCCCC(CC)COCCCNC(=O)c1ccc(-c2cc(C(F)(F)F)nn2C)s1. The minimum absolute atomic E-state index is 0.237. The van der Waals surface area contributed by atoms with E-state index in [2.05, 4.69) is 24.3 Å². The summed E-state index contributed by atoms with van der Waals surface area (Å²) in [6.07, 6.45) is 0.922. The van der Waals surface area contributed by atoms with Gasteiger partial charge in [0, 0.05) is 26.8 Å². The largest absolute Gasteiger partial charge is 0.435 e. The molecule has 5 nitrogen and oxygen atoms in total. The first kappa shape index (κ1) is 24.4. The van der Waals surface area contributed by atoms with E-state index in [4.69, 9.17) is 4.74 Å². The molecule has 0 saturated carbocycles. The van der Waals surface area contributed by atoms with E-state index in [1.807, 2.05) is 0 Å². The molecule has 2 heterocycles. The lowest BCUT2D eigenvalue weighted by Crippen LogP contribution is -2.24. The number of ether oxygens (including phenoxy) is 1. The standard InChI is InChI=1S/C21H30F3N3O2S/c1-4-6-8-15(5-2)14-29-12-7-11-25-20(28)18-10-9-17(30-18)16-13-19(21(22,23)24)26-27(16)3/h9-10,13,15H,4-8,11-12,14H2,1-3H3,(H,25,28). The van der Waals surface area contributed by atoms with Gasteiger partial charge in [-0.1, -0.05) is 33.1 Å². The van der Waals surface area contributed by atoms with Gasteiger partial charge in [-0.2, -0.15) is 18.3 Å². The molecule has 9 heteroatoms. The van der Waals surface area contributed by atoms with Gasteiger partial charge in [0.05, 0.1) is 15.4 Å². The number of hydrogen-bond donors (Lipinski definition) is 1. The first-order chi connectivity index (χ1) is 14.3. The van der Waals surface area contributed by atoms with Crippen molar-refractivity contribution >= 4 is 17.2 Å². The number of alkyl halides is 3. The third kappa shape index (κ3) is 7.12. The second-order valence-electron chi connectivity index (χ2n) is 7.30. The van der Waals surface area contributed by atoms with Crippen LogP contribution >= 0.6 is 11.3 Å². The molecular formula is C21H30F3N3O2S. The van der Waals surface area contributed by atoms with Crippen LogP contribution in [0, 0.1) is 5.92 Å². The Kier molecular flexibility index (Phi) is 9.36. The molecule has 0 aromatic carbocycles. The summed E-state index contributed by atoms with van der Waals surface area (Å²) in [4.78, 5) is 13.3. The molecule has 0 aliphatic carbocycles. The van der Waals surface area contributed by atoms with Crippen LogP contribution in [-0.4, -0.2) is 35.4 Å². The molecule has 1 amide bonds. The number of aryl methyl sites for hydroxylation is 1. The average molecular weight is 446 g/mol. The molecule has 2 aromatic rings. The zero-order chi connectivity index (χ0) is 22.1. The van der Waals surface area contributed by atoms with Crippen molar-refractivity contribution in [3.05, 3.63) is 28.8 Å². The third-order valence-corrected chi connectivity index (χ3v) is 6.01. The van der Waals surface area contributed by atoms with Crippen molar-refractivity contribution in [1.29, 1.82) is 0 Å². The van der Waals surface area contributed by atoms with Crippen molar-refractivity contribution in [2.45, 2.75) is 52.1 Å². The smallest absolute Gasteiger partial charge is 0.381 e. The number of halogens is 3. The number of unbranched alkanes of at least 4 members (excludes halogenated alkanes) is 1. The highest BCUT2D eigenvalue weighted by atomic mass is 32.1. The van der Waals surface area contributed by atoms with Crippen LogP contribution in [0.4, 0.5) is 13.2 Å². The highest BCUT2D eigenvalue weighted by Crippen LogP contribution is 2.34. The molecule has 0 bridgehead atoms. The maximum atomic E-state index is 12.8. The maximum Gasteiger partial charge on any atom is 0.435 e. The van der Waals surface area contributed by atoms with E-state index in [0.717, 1.165) is 30.4 Å². The Morgan fingerprint density at radius 2 is 2.07 bits per heavy atom. The number of aromatic nitrogens is 2. The molecule has 2 rings (SSSR count). The van der Waals surface area contributed by atoms with Crippen LogP contribution in [-0.2, 0) is 18.0 Å². The van der Waals surface area contributed by atoms with Crippen LogP contribution < -0.4 is 5.32 Å². The van der Waals surface area contributed by atoms with Crippen LogP contribution in [0.15, 0.2) is 18.2 Å². The van der Waals surface area contributed by atoms with Gasteiger partial charge >= 0.3 is 6.18 Å². The Bertz CT molecular complexity index is 802. The maximum absolute atomic E-state index is 12.8. The fourth-order valence-corrected chi connectivity index (χ4v) is 4.01. The molecule has 2 aromatic heterocycles. The number of rotatable bonds is 12. The minimum Gasteiger partial charge on any atom is -0.381 e. The van der Waals surface area contributed by atoms with Crippen LogP contribution in [0.2, 0.25) is 0 Å². The monoisotopic (exact) mass is 445 g/mol. The average Bonchev–Trinajstić information content (AvgIpc) is 3.33. The Balaban J connectivity index is 1.77. The van der Waals surface area contributed by atoms with E-state index in [-0.39, 0.29) is 5.91 Å². The van der Waals surface area contributed by atoms with Crippen LogP contribution in [0.1, 0.15) is 61.3 Å². The van der Waals surface area contributed by atoms with E-state index in [1.54, 1.807) is 12.1 Å². The quantitative estimate of drug-likeness (QED) is 0.438. The summed E-state index contributed by atoms with van der Waals surface area (Å²) in [7, 11) is 1.45. The Morgan fingerprint density at radius 1 is 1.30 bits per heavy atom. The first-order valence-corrected chi connectivity index (χ1v) is 11.1. The van der Waals surface area contributed by atoms with E-state index in [9.17, 15) is 18.0 Å². The highest BCUT2D eigenvalue weighted by Gasteiger charge is 2.34. The van der Waals surface area contributed by atoms with Crippen LogP contribution in [0.5, 0.6) is 0 Å². The fraction of sp³-hybridized carbons (Fsp3) is 0.619. The molecule has 0 aliphatic rings. The second kappa shape index (κ2) is 11.5. The molecule has 1 N–H and O–H groups in total. The number of carbonyl (C=O) groups is 1. The van der Waals surface area contributed by atoms with Gasteiger partial charge in [-0.05, 0) is 37.0 Å². The summed E-state index contributed by atoms with van der Waals surface area (Å²) >= 11 is 1.14. The normalized spacial score (nSPS) is 12.9. The molecule has 0 spiro atoms. The molecular weight excluding hydrogens is 415 g/mol. The summed E-state index contributed by atoms with van der Waals surface area (Å²) in [5.74, 6) is 0.354. The molecule has 30 heavy (non-hydrogen) atoms. The zero-order valence-corrected chi connectivity index (χ0v) is 18.5. The molecule has 168 valence electrons. The van der Waals surface area contributed by atoms with Gasteiger partial charge in [-0.3, -0.25) is 9.48 Å². The van der Waals surface area contributed by atoms with Crippen molar-refractivity contribution < 1.29 is 22.7 Å². The van der Waals surface area contributed by atoms with Gasteiger partial charge in [-0.15, -0.1) is 11.3 Å². The van der Waals surface area contributed by atoms with E-state index in [1.165, 1.54) is 31.0 Å². The summed E-state index contributed by atoms with van der Waals surface area (Å²) in [5.41, 5.74) is -0.618. The number of amides is 1. The topological polar surface area (TPSA) is 56.1 Å². The number of nitrogens with one attached hydrogen (secondary N) is 1. The lowest BCUT2D eigenvalue weighted by molar-refractivity contribution is -0.141. The third-order valence-electron chi connectivity index (χ3n) is 4.90. The van der Waals surface area contributed by atoms with Crippen LogP contribution in [0.3, 0.4) is 0 Å². The van der Waals surface area contributed by atoms with Crippen LogP contribution in [0.25, 0.3) is 10.6 Å². The van der Waals surface area contributed by atoms with Gasteiger partial charge in [-0.25, -0.2) is 0 Å². The minimum atomic E-state index is -4.50. The van der Waals surface area contributed by atoms with E-state index >= 15 is 0 Å². The molecule has 0 saturated heterocycles. The molecule has 1 unspecified atom stereocenters. The lowest BCUT2D eigenvalue weighted by atomic mass is 10.0. The summed E-state index contributed by atoms with van der Waals surface area (Å²) in [6, 6.07) is 4.25. The molecule has 1 atom stereocenters. The Hall–Kier alpha value is -1.87. The number of thiophene rings is 1. The van der Waals surface area contributed by atoms with Crippen molar-refractivity contribution in [3.8, 4) is 10.6 Å². The van der Waals surface area contributed by atoms with Gasteiger partial charge in [0.15, 0.2) is 5.69 Å². The number of hydrogen-bond acceptors (Lipinski definition) is 4. The predicted molar refractivity (Wildman–Crippen MR) is 113 cm³/mol. The number of carbonyl (C=O) groups excluding carboxylic acids is 1. The Morgan fingerprint density at radius 3 is 2.70 bits per heavy atom. The van der Waals surface area contributed by atoms with Gasteiger partial charge in [0.1, 0.15) is 0 Å². The van der Waals surface area contributed by atoms with Gasteiger partial charge in [0.2, 0.25) is 0 Å². The lowest BCUT2D eigenvalue weighted by Gasteiger charge is -2.14. The zero-order valence-electron chi connectivity index (χ0n) is 17.7. The van der Waals surface area contributed by atoms with Crippen molar-refractivity contribution in [2.75, 3.05) is 19.8 Å². The van der Waals surface area contributed by atoms with E-state index in [0.29, 0.717) is 40.9 Å². The molecule has 0 fully saturated rings. The second-order valence-corrected chi connectivity index (χ2v) is 8.38. The predicted octanol–water partition coefficient (Wildman–Crippen LogP) is 5.52. The van der Waals surface area contributed by atoms with Crippen molar-refractivity contribution in [1.82, 2.24) is 15.1 Å². The Labute approximate surface area is 179 Å². The summed E-state index contributed by atoms with van der Waals surface area (Å²) < 4.78 is 45.4. The van der Waals surface area contributed by atoms with Gasteiger partial charge < -0.3 is 10.1 Å². The highest BCUT2D eigenvalue weighted by molar-refractivity contribution is 7.17. The van der Waals surface area contributed by atoms with Crippen molar-refractivity contribution in [3.63, 3.8) is 0 Å². The fourth-order valence-electron chi connectivity index (χ4n) is 3.05. The summed E-state index contributed by atoms with van der Waals surface area (Å²) in [6.45, 7) is 6.19.